The van der Waals surface area contributed by atoms with Crippen molar-refractivity contribution < 1.29 is 19.4 Å². The van der Waals surface area contributed by atoms with Crippen LogP contribution >= 0.6 is 0 Å². The molecule has 0 aliphatic rings. The van der Waals surface area contributed by atoms with E-state index in [1.807, 2.05) is 49.4 Å². The molecule has 2 amide bonds. The van der Waals surface area contributed by atoms with Crippen molar-refractivity contribution in [2.75, 3.05) is 19.8 Å². The van der Waals surface area contributed by atoms with Crippen LogP contribution < -0.4 is 15.4 Å². The van der Waals surface area contributed by atoms with Crippen LogP contribution in [0, 0.1) is 6.92 Å². The van der Waals surface area contributed by atoms with Crippen molar-refractivity contribution >= 4 is 17.9 Å². The SMILES string of the molecule is Cc1ccc(/C=C(\NC(=O)c2ccc(OCCc3ccccc3)cc2)C(=O)NCCO)cc1. The summed E-state index contributed by atoms with van der Waals surface area (Å²) in [6.07, 6.45) is 2.39. The van der Waals surface area contributed by atoms with E-state index in [1.165, 1.54) is 5.56 Å². The van der Waals surface area contributed by atoms with Gasteiger partial charge in [-0.2, -0.15) is 0 Å². The van der Waals surface area contributed by atoms with Gasteiger partial charge in [0.15, 0.2) is 0 Å². The molecule has 0 spiro atoms. The first-order valence-electron chi connectivity index (χ1n) is 10.8. The Hall–Kier alpha value is -3.90. The second kappa shape index (κ2) is 12.2. The number of amides is 2. The fraction of sp³-hybridized carbons (Fsp3) is 0.185. The Morgan fingerprint density at radius 3 is 2.30 bits per heavy atom. The molecule has 0 heterocycles. The lowest BCUT2D eigenvalue weighted by Gasteiger charge is -2.11. The molecule has 0 aromatic heterocycles. The number of hydrogen-bond acceptors (Lipinski definition) is 4. The Bertz CT molecular complexity index is 1080. The van der Waals surface area contributed by atoms with E-state index in [9.17, 15) is 9.59 Å². The molecule has 170 valence electrons. The average Bonchev–Trinajstić information content (AvgIpc) is 2.84. The number of carbonyl (C=O) groups is 2. The van der Waals surface area contributed by atoms with Gasteiger partial charge in [-0.1, -0.05) is 60.2 Å². The van der Waals surface area contributed by atoms with Gasteiger partial charge in [0.2, 0.25) is 0 Å². The van der Waals surface area contributed by atoms with Gasteiger partial charge < -0.3 is 20.5 Å². The van der Waals surface area contributed by atoms with Crippen LogP contribution in [0.25, 0.3) is 6.08 Å². The van der Waals surface area contributed by atoms with E-state index >= 15 is 0 Å². The standard InChI is InChI=1S/C27H28N2O4/c1-20-7-9-22(10-8-20)19-25(27(32)28-16-17-30)29-26(31)23-11-13-24(14-12-23)33-18-15-21-5-3-2-4-6-21/h2-14,19,30H,15-18H2,1H3,(H,28,32)(H,29,31)/b25-19-. The lowest BCUT2D eigenvalue weighted by Crippen LogP contribution is -2.36. The molecule has 3 rings (SSSR count). The van der Waals surface area contributed by atoms with Gasteiger partial charge in [0.05, 0.1) is 13.2 Å². The van der Waals surface area contributed by atoms with Crippen molar-refractivity contribution in [3.8, 4) is 5.75 Å². The molecule has 33 heavy (non-hydrogen) atoms. The van der Waals surface area contributed by atoms with Crippen LogP contribution in [0.3, 0.4) is 0 Å². The van der Waals surface area contributed by atoms with Crippen LogP contribution in [0.2, 0.25) is 0 Å². The quantitative estimate of drug-likeness (QED) is 0.418. The molecule has 3 aromatic rings. The third kappa shape index (κ3) is 7.63. The van der Waals surface area contributed by atoms with E-state index in [-0.39, 0.29) is 18.8 Å². The van der Waals surface area contributed by atoms with E-state index < -0.39 is 11.8 Å². The van der Waals surface area contributed by atoms with E-state index in [0.29, 0.717) is 17.9 Å². The van der Waals surface area contributed by atoms with E-state index in [4.69, 9.17) is 9.84 Å². The lowest BCUT2D eigenvalue weighted by molar-refractivity contribution is -0.117. The Morgan fingerprint density at radius 2 is 1.64 bits per heavy atom. The van der Waals surface area contributed by atoms with Crippen LogP contribution in [0.1, 0.15) is 27.0 Å². The highest BCUT2D eigenvalue weighted by atomic mass is 16.5. The molecule has 6 nitrogen and oxygen atoms in total. The zero-order valence-electron chi connectivity index (χ0n) is 18.6. The van der Waals surface area contributed by atoms with Crippen molar-refractivity contribution in [1.29, 1.82) is 0 Å². The highest BCUT2D eigenvalue weighted by molar-refractivity contribution is 6.05. The molecule has 0 atom stereocenters. The highest BCUT2D eigenvalue weighted by Crippen LogP contribution is 2.14. The lowest BCUT2D eigenvalue weighted by atomic mass is 10.1. The Morgan fingerprint density at radius 1 is 0.939 bits per heavy atom. The normalized spacial score (nSPS) is 11.0. The first-order valence-corrected chi connectivity index (χ1v) is 10.8. The molecule has 0 aliphatic heterocycles. The summed E-state index contributed by atoms with van der Waals surface area (Å²) in [5.74, 6) is -0.222. The Labute approximate surface area is 193 Å². The monoisotopic (exact) mass is 444 g/mol. The van der Waals surface area contributed by atoms with Crippen molar-refractivity contribution in [1.82, 2.24) is 10.6 Å². The van der Waals surface area contributed by atoms with Crippen molar-refractivity contribution in [2.24, 2.45) is 0 Å². The molecule has 0 fully saturated rings. The van der Waals surface area contributed by atoms with Crippen molar-refractivity contribution in [3.63, 3.8) is 0 Å². The summed E-state index contributed by atoms with van der Waals surface area (Å²) in [5.41, 5.74) is 3.56. The second-order valence-corrected chi connectivity index (χ2v) is 7.51. The van der Waals surface area contributed by atoms with Crippen LogP contribution in [0.5, 0.6) is 5.75 Å². The van der Waals surface area contributed by atoms with Crippen molar-refractivity contribution in [2.45, 2.75) is 13.3 Å². The number of ether oxygens (including phenoxy) is 1. The Balaban J connectivity index is 1.64. The number of aliphatic hydroxyl groups excluding tert-OH is 1. The first-order chi connectivity index (χ1) is 16.0. The number of carbonyl (C=O) groups excluding carboxylic acids is 2. The molecular weight excluding hydrogens is 416 g/mol. The van der Waals surface area contributed by atoms with E-state index in [0.717, 1.165) is 17.5 Å². The van der Waals surface area contributed by atoms with Crippen LogP contribution in [-0.2, 0) is 11.2 Å². The molecule has 3 aromatic carbocycles. The number of hydrogen-bond donors (Lipinski definition) is 3. The molecule has 6 heteroatoms. The maximum absolute atomic E-state index is 12.8. The fourth-order valence-corrected chi connectivity index (χ4v) is 3.08. The van der Waals surface area contributed by atoms with Crippen LogP contribution in [-0.4, -0.2) is 36.7 Å². The molecule has 0 saturated carbocycles. The molecule has 0 aliphatic carbocycles. The molecular formula is C27H28N2O4. The second-order valence-electron chi connectivity index (χ2n) is 7.51. The summed E-state index contributed by atoms with van der Waals surface area (Å²) in [4.78, 5) is 25.3. The first kappa shape index (κ1) is 23.8. The summed E-state index contributed by atoms with van der Waals surface area (Å²) < 4.78 is 5.77. The molecule has 0 radical (unpaired) electrons. The highest BCUT2D eigenvalue weighted by Gasteiger charge is 2.14. The summed E-state index contributed by atoms with van der Waals surface area (Å²) in [5, 5.41) is 14.2. The summed E-state index contributed by atoms with van der Waals surface area (Å²) in [6, 6.07) is 24.4. The topological polar surface area (TPSA) is 87.7 Å². The number of aryl methyl sites for hydroxylation is 1. The van der Waals surface area contributed by atoms with Gasteiger partial charge in [-0.25, -0.2) is 0 Å². The Kier molecular flexibility index (Phi) is 8.79. The smallest absolute Gasteiger partial charge is 0.267 e. The minimum Gasteiger partial charge on any atom is -0.493 e. The van der Waals surface area contributed by atoms with Gasteiger partial charge in [-0.05, 0) is 48.4 Å². The fourth-order valence-electron chi connectivity index (χ4n) is 3.08. The zero-order chi connectivity index (χ0) is 23.5. The molecule has 3 N–H and O–H groups in total. The zero-order valence-corrected chi connectivity index (χ0v) is 18.6. The summed E-state index contributed by atoms with van der Waals surface area (Å²) >= 11 is 0. The van der Waals surface area contributed by atoms with Gasteiger partial charge in [0, 0.05) is 18.5 Å². The van der Waals surface area contributed by atoms with Gasteiger partial charge in [0.1, 0.15) is 11.4 Å². The summed E-state index contributed by atoms with van der Waals surface area (Å²) in [7, 11) is 0. The molecule has 0 bridgehead atoms. The van der Waals surface area contributed by atoms with E-state index in [2.05, 4.69) is 22.8 Å². The van der Waals surface area contributed by atoms with E-state index in [1.54, 1.807) is 30.3 Å². The predicted octanol–water partition coefficient (Wildman–Crippen LogP) is 3.50. The minimum absolute atomic E-state index is 0.0922. The minimum atomic E-state index is -0.473. The van der Waals surface area contributed by atoms with Gasteiger partial charge in [-0.3, -0.25) is 9.59 Å². The van der Waals surface area contributed by atoms with Gasteiger partial charge >= 0.3 is 0 Å². The van der Waals surface area contributed by atoms with Gasteiger partial charge in [-0.15, -0.1) is 0 Å². The summed E-state index contributed by atoms with van der Waals surface area (Å²) in [6.45, 7) is 2.40. The maximum Gasteiger partial charge on any atom is 0.267 e. The molecule has 0 unspecified atom stereocenters. The van der Waals surface area contributed by atoms with Crippen LogP contribution in [0.4, 0.5) is 0 Å². The van der Waals surface area contributed by atoms with Gasteiger partial charge in [0.25, 0.3) is 11.8 Å². The third-order valence-electron chi connectivity index (χ3n) is 4.90. The predicted molar refractivity (Wildman–Crippen MR) is 129 cm³/mol. The van der Waals surface area contributed by atoms with Crippen molar-refractivity contribution in [3.05, 3.63) is 107 Å². The van der Waals surface area contributed by atoms with Crippen LogP contribution in [0.15, 0.2) is 84.6 Å². The largest absolute Gasteiger partial charge is 0.493 e. The average molecular weight is 445 g/mol. The third-order valence-corrected chi connectivity index (χ3v) is 4.90. The maximum atomic E-state index is 12.8. The number of benzene rings is 3. The number of rotatable bonds is 10. The molecule has 0 saturated heterocycles. The number of nitrogens with one attached hydrogen (secondary N) is 2. The number of aliphatic hydroxyl groups is 1.